The van der Waals surface area contributed by atoms with E-state index in [1.807, 2.05) is 97.9 Å². The average molecular weight is 338 g/mol. The molecule has 0 N–H and O–H groups in total. The van der Waals surface area contributed by atoms with E-state index in [1.165, 1.54) is 4.68 Å². The van der Waals surface area contributed by atoms with Crippen molar-refractivity contribution in [3.63, 3.8) is 0 Å². The van der Waals surface area contributed by atoms with Crippen molar-refractivity contribution in [3.05, 3.63) is 118 Å². The second-order valence-electron chi connectivity index (χ2n) is 6.18. The van der Waals surface area contributed by atoms with Gasteiger partial charge in [0.25, 0.3) is 5.56 Å². The second-order valence-corrected chi connectivity index (χ2v) is 6.18. The molecule has 0 saturated carbocycles. The summed E-state index contributed by atoms with van der Waals surface area (Å²) in [6.45, 7) is 1.82. The van der Waals surface area contributed by atoms with Gasteiger partial charge < -0.3 is 0 Å². The minimum atomic E-state index is -0.104. The molecule has 0 fully saturated rings. The largest absolute Gasteiger partial charge is 0.274 e. The Hall–Kier alpha value is -3.46. The van der Waals surface area contributed by atoms with Crippen molar-refractivity contribution in [3.8, 4) is 0 Å². The van der Waals surface area contributed by atoms with Gasteiger partial charge in [0.2, 0.25) is 0 Å². The van der Waals surface area contributed by atoms with Gasteiger partial charge in [-0.15, -0.1) is 0 Å². The highest BCUT2D eigenvalue weighted by molar-refractivity contribution is 6.12. The van der Waals surface area contributed by atoms with Crippen LogP contribution in [-0.4, -0.2) is 10.4 Å². The molecule has 3 nitrogen and oxygen atoms in total. The number of hydrogen-bond donors (Lipinski definition) is 0. The standard InChI is InChI=1S/C23H18N2O/c1-17-16-20-14-8-9-15-21(20)25(23(17)26)24-22(18-10-4-2-5-11-18)19-12-6-3-7-13-19/h2-16H,1H3. The van der Waals surface area contributed by atoms with E-state index in [9.17, 15) is 4.79 Å². The molecule has 0 aliphatic heterocycles. The smallest absolute Gasteiger partial charge is 0.267 e. The summed E-state index contributed by atoms with van der Waals surface area (Å²) in [6, 6.07) is 29.6. The topological polar surface area (TPSA) is 34.4 Å². The molecule has 0 amide bonds. The van der Waals surface area contributed by atoms with Crippen molar-refractivity contribution >= 4 is 16.6 Å². The number of fused-ring (bicyclic) bond motifs is 1. The predicted octanol–water partition coefficient (Wildman–Crippen LogP) is 4.61. The van der Waals surface area contributed by atoms with Crippen LogP contribution in [0.15, 0.2) is 101 Å². The van der Waals surface area contributed by atoms with Crippen molar-refractivity contribution in [2.24, 2.45) is 5.10 Å². The molecule has 0 radical (unpaired) electrons. The molecule has 0 saturated heterocycles. The monoisotopic (exact) mass is 338 g/mol. The summed E-state index contributed by atoms with van der Waals surface area (Å²) in [5, 5.41) is 5.80. The van der Waals surface area contributed by atoms with Crippen LogP contribution in [0.25, 0.3) is 10.9 Å². The highest BCUT2D eigenvalue weighted by Gasteiger charge is 2.10. The molecule has 26 heavy (non-hydrogen) atoms. The highest BCUT2D eigenvalue weighted by atomic mass is 16.1. The van der Waals surface area contributed by atoms with Gasteiger partial charge >= 0.3 is 0 Å². The molecule has 0 bridgehead atoms. The Balaban J connectivity index is 2.04. The fraction of sp³-hybridized carbons (Fsp3) is 0.0435. The third kappa shape index (κ3) is 2.95. The van der Waals surface area contributed by atoms with Gasteiger partial charge in [-0.25, -0.2) is 0 Å². The zero-order chi connectivity index (χ0) is 17.9. The van der Waals surface area contributed by atoms with Gasteiger partial charge in [0.15, 0.2) is 0 Å². The van der Waals surface area contributed by atoms with E-state index in [0.717, 1.165) is 27.7 Å². The SMILES string of the molecule is Cc1cc2ccccc2n(N=C(c2ccccc2)c2ccccc2)c1=O. The zero-order valence-electron chi connectivity index (χ0n) is 14.5. The number of hydrogen-bond acceptors (Lipinski definition) is 2. The van der Waals surface area contributed by atoms with Crippen LogP contribution in [0, 0.1) is 6.92 Å². The van der Waals surface area contributed by atoms with Crippen LogP contribution in [0.1, 0.15) is 16.7 Å². The fourth-order valence-corrected chi connectivity index (χ4v) is 3.05. The molecule has 0 aliphatic carbocycles. The summed E-state index contributed by atoms with van der Waals surface area (Å²) in [5.74, 6) is 0. The van der Waals surface area contributed by atoms with Gasteiger partial charge in [0.1, 0.15) is 0 Å². The molecule has 1 heterocycles. The molecule has 3 heteroatoms. The maximum Gasteiger partial charge on any atom is 0.274 e. The molecule has 1 aromatic heterocycles. The first-order valence-electron chi connectivity index (χ1n) is 8.55. The summed E-state index contributed by atoms with van der Waals surface area (Å²) in [6.07, 6.45) is 0. The summed E-state index contributed by atoms with van der Waals surface area (Å²) < 4.78 is 1.51. The van der Waals surface area contributed by atoms with Gasteiger partial charge in [-0.2, -0.15) is 9.78 Å². The van der Waals surface area contributed by atoms with E-state index >= 15 is 0 Å². The molecular weight excluding hydrogens is 320 g/mol. The van der Waals surface area contributed by atoms with Crippen molar-refractivity contribution < 1.29 is 0 Å². The minimum Gasteiger partial charge on any atom is -0.267 e. The zero-order valence-corrected chi connectivity index (χ0v) is 14.5. The van der Waals surface area contributed by atoms with Gasteiger partial charge in [-0.05, 0) is 19.1 Å². The Morgan fingerprint density at radius 3 is 1.92 bits per heavy atom. The van der Waals surface area contributed by atoms with Crippen LogP contribution >= 0.6 is 0 Å². The third-order valence-corrected chi connectivity index (χ3v) is 4.36. The molecule has 0 atom stereocenters. The molecule has 4 rings (SSSR count). The Morgan fingerprint density at radius 1 is 0.769 bits per heavy atom. The van der Waals surface area contributed by atoms with Gasteiger partial charge in [-0.1, -0.05) is 78.9 Å². The Bertz CT molecular complexity index is 1100. The fourth-order valence-electron chi connectivity index (χ4n) is 3.05. The lowest BCUT2D eigenvalue weighted by atomic mass is 10.0. The maximum atomic E-state index is 12.8. The number of nitrogens with zero attached hydrogens (tertiary/aromatic N) is 2. The number of rotatable bonds is 3. The van der Waals surface area contributed by atoms with E-state index in [-0.39, 0.29) is 5.56 Å². The Labute approximate surface area is 151 Å². The lowest BCUT2D eigenvalue weighted by molar-refractivity contribution is 0.859. The van der Waals surface area contributed by atoms with Crippen LogP contribution in [-0.2, 0) is 0 Å². The van der Waals surface area contributed by atoms with Crippen molar-refractivity contribution in [1.82, 2.24) is 4.68 Å². The van der Waals surface area contributed by atoms with Crippen LogP contribution < -0.4 is 5.56 Å². The van der Waals surface area contributed by atoms with Crippen molar-refractivity contribution in [2.75, 3.05) is 0 Å². The summed E-state index contributed by atoms with van der Waals surface area (Å²) in [7, 11) is 0. The molecular formula is C23H18N2O. The average Bonchev–Trinajstić information content (AvgIpc) is 2.70. The first kappa shape index (κ1) is 16.0. The molecule has 126 valence electrons. The third-order valence-electron chi connectivity index (χ3n) is 4.36. The number of benzene rings is 3. The number of pyridine rings is 1. The van der Waals surface area contributed by atoms with E-state index in [0.29, 0.717) is 5.56 Å². The van der Waals surface area contributed by atoms with Crippen LogP contribution in [0.5, 0.6) is 0 Å². The normalized spacial score (nSPS) is 10.7. The highest BCUT2D eigenvalue weighted by Crippen LogP contribution is 2.16. The molecule has 0 spiro atoms. The first-order chi connectivity index (χ1) is 12.7. The van der Waals surface area contributed by atoms with Crippen LogP contribution in [0.4, 0.5) is 0 Å². The van der Waals surface area contributed by atoms with Crippen LogP contribution in [0.2, 0.25) is 0 Å². The number of aryl methyl sites for hydroxylation is 1. The quantitative estimate of drug-likeness (QED) is 0.502. The van der Waals surface area contributed by atoms with Gasteiger partial charge in [0, 0.05) is 22.1 Å². The van der Waals surface area contributed by atoms with Gasteiger partial charge in [0.05, 0.1) is 11.2 Å². The van der Waals surface area contributed by atoms with E-state index in [4.69, 9.17) is 5.10 Å². The summed E-state index contributed by atoms with van der Waals surface area (Å²) >= 11 is 0. The second kappa shape index (κ2) is 6.81. The molecule has 4 aromatic rings. The Kier molecular flexibility index (Phi) is 4.20. The van der Waals surface area contributed by atoms with Crippen LogP contribution in [0.3, 0.4) is 0 Å². The molecule has 0 unspecified atom stereocenters. The van der Waals surface area contributed by atoms with Crippen molar-refractivity contribution in [2.45, 2.75) is 6.92 Å². The molecule has 0 aliphatic rings. The Morgan fingerprint density at radius 2 is 1.31 bits per heavy atom. The van der Waals surface area contributed by atoms with E-state index < -0.39 is 0 Å². The summed E-state index contributed by atoms with van der Waals surface area (Å²) in [4.78, 5) is 12.8. The maximum absolute atomic E-state index is 12.8. The predicted molar refractivity (Wildman–Crippen MR) is 107 cm³/mol. The first-order valence-corrected chi connectivity index (χ1v) is 8.55. The van der Waals surface area contributed by atoms with Crippen molar-refractivity contribution in [1.29, 1.82) is 0 Å². The lowest BCUT2D eigenvalue weighted by Gasteiger charge is -2.11. The number of aromatic nitrogens is 1. The summed E-state index contributed by atoms with van der Waals surface area (Å²) in [5.41, 5.74) is 4.07. The van der Waals surface area contributed by atoms with Gasteiger partial charge in [-0.3, -0.25) is 4.79 Å². The van der Waals surface area contributed by atoms with E-state index in [1.54, 1.807) is 0 Å². The lowest BCUT2D eigenvalue weighted by Crippen LogP contribution is -2.21. The number of para-hydroxylation sites is 1. The van der Waals surface area contributed by atoms with E-state index in [2.05, 4.69) is 0 Å². The minimum absolute atomic E-state index is 0.104. The molecule has 3 aromatic carbocycles.